The molecule has 0 aliphatic rings. The number of likely N-dealkylation sites (N-methyl/N-ethyl adjacent to an activating group) is 1. The minimum Gasteiger partial charge on any atom is -0.465 e. The minimum absolute atomic E-state index is 0.270. The van der Waals surface area contributed by atoms with Crippen LogP contribution in [-0.2, 0) is 9.53 Å². The van der Waals surface area contributed by atoms with Crippen molar-refractivity contribution >= 4 is 28.9 Å². The van der Waals surface area contributed by atoms with E-state index in [-0.39, 0.29) is 5.97 Å². The van der Waals surface area contributed by atoms with Gasteiger partial charge in [0.2, 0.25) is 0 Å². The number of hydrogen-bond donors (Lipinski definition) is 1. The van der Waals surface area contributed by atoms with Crippen LogP contribution >= 0.6 is 22.9 Å². The molecule has 0 saturated heterocycles. The van der Waals surface area contributed by atoms with Gasteiger partial charge in [0.05, 0.1) is 10.9 Å². The van der Waals surface area contributed by atoms with E-state index in [2.05, 4.69) is 5.32 Å². The molecule has 0 bridgehead atoms. The fourth-order valence-corrected chi connectivity index (χ4v) is 2.24. The van der Waals surface area contributed by atoms with Crippen LogP contribution in [0.4, 0.5) is 0 Å². The molecular formula is C9H12ClNO2S. The van der Waals surface area contributed by atoms with Gasteiger partial charge in [-0.2, -0.15) is 0 Å². The molecule has 0 fully saturated rings. The second-order valence-electron chi connectivity index (χ2n) is 2.62. The molecule has 1 aromatic heterocycles. The lowest BCUT2D eigenvalue weighted by molar-refractivity contribution is -0.145. The fraction of sp³-hybridized carbons (Fsp3) is 0.444. The summed E-state index contributed by atoms with van der Waals surface area (Å²) in [7, 11) is 1.72. The largest absolute Gasteiger partial charge is 0.465 e. The van der Waals surface area contributed by atoms with E-state index in [1.807, 2.05) is 6.07 Å². The number of thiophene rings is 1. The first kappa shape index (κ1) is 11.5. The smallest absolute Gasteiger partial charge is 0.328 e. The maximum absolute atomic E-state index is 11.5. The molecule has 0 aromatic carbocycles. The number of esters is 1. The van der Waals surface area contributed by atoms with Crippen molar-refractivity contribution < 1.29 is 9.53 Å². The summed E-state index contributed by atoms with van der Waals surface area (Å²) in [6.07, 6.45) is 0. The maximum atomic E-state index is 11.5. The summed E-state index contributed by atoms with van der Waals surface area (Å²) in [5.74, 6) is -0.270. The van der Waals surface area contributed by atoms with Gasteiger partial charge in [0, 0.05) is 4.88 Å². The highest BCUT2D eigenvalue weighted by atomic mass is 35.5. The topological polar surface area (TPSA) is 38.3 Å². The third-order valence-corrected chi connectivity index (χ3v) is 2.99. The lowest BCUT2D eigenvalue weighted by Gasteiger charge is -2.12. The molecule has 0 saturated carbocycles. The van der Waals surface area contributed by atoms with Crippen LogP contribution in [-0.4, -0.2) is 19.6 Å². The monoisotopic (exact) mass is 233 g/mol. The van der Waals surface area contributed by atoms with E-state index in [0.29, 0.717) is 10.9 Å². The summed E-state index contributed by atoms with van der Waals surface area (Å²) in [6, 6.07) is 3.18. The highest BCUT2D eigenvalue weighted by molar-refractivity contribution is 7.16. The van der Waals surface area contributed by atoms with Gasteiger partial charge < -0.3 is 10.1 Å². The predicted molar refractivity (Wildman–Crippen MR) is 57.8 cm³/mol. The summed E-state index contributed by atoms with van der Waals surface area (Å²) in [5.41, 5.74) is 0. The first-order chi connectivity index (χ1) is 6.69. The standard InChI is InChI=1S/C9H12ClNO2S/c1-3-13-9(12)8(11-2)6-4-5-7(10)14-6/h4-5,8,11H,3H2,1-2H3. The van der Waals surface area contributed by atoms with Gasteiger partial charge in [0.1, 0.15) is 6.04 Å². The Kier molecular flexibility index (Phi) is 4.38. The highest BCUT2D eigenvalue weighted by Gasteiger charge is 2.21. The SMILES string of the molecule is CCOC(=O)C(NC)c1ccc(Cl)s1. The molecule has 0 aliphatic carbocycles. The molecular weight excluding hydrogens is 222 g/mol. The Hall–Kier alpha value is -0.580. The normalized spacial score (nSPS) is 12.5. The van der Waals surface area contributed by atoms with Crippen LogP contribution in [0.3, 0.4) is 0 Å². The van der Waals surface area contributed by atoms with Gasteiger partial charge in [-0.25, -0.2) is 4.79 Å². The first-order valence-electron chi connectivity index (χ1n) is 4.28. The summed E-state index contributed by atoms with van der Waals surface area (Å²) < 4.78 is 5.59. The molecule has 5 heteroatoms. The molecule has 14 heavy (non-hydrogen) atoms. The van der Waals surface area contributed by atoms with E-state index in [4.69, 9.17) is 16.3 Å². The second kappa shape index (κ2) is 5.34. The van der Waals surface area contributed by atoms with Crippen molar-refractivity contribution in [3.63, 3.8) is 0 Å². The Bertz CT molecular complexity index is 314. The van der Waals surface area contributed by atoms with Gasteiger partial charge in [0.15, 0.2) is 0 Å². The van der Waals surface area contributed by atoms with Crippen molar-refractivity contribution in [1.29, 1.82) is 0 Å². The summed E-state index contributed by atoms with van der Waals surface area (Å²) in [6.45, 7) is 2.17. The van der Waals surface area contributed by atoms with Gasteiger partial charge in [-0.3, -0.25) is 0 Å². The third kappa shape index (κ3) is 2.70. The van der Waals surface area contributed by atoms with E-state index in [1.165, 1.54) is 11.3 Å². The van der Waals surface area contributed by atoms with E-state index < -0.39 is 6.04 Å². The van der Waals surface area contributed by atoms with Crippen LogP contribution in [0.15, 0.2) is 12.1 Å². The Balaban J connectivity index is 2.76. The molecule has 0 aliphatic heterocycles. The number of hydrogen-bond acceptors (Lipinski definition) is 4. The van der Waals surface area contributed by atoms with Crippen LogP contribution in [0.1, 0.15) is 17.8 Å². The van der Waals surface area contributed by atoms with Crippen molar-refractivity contribution in [2.45, 2.75) is 13.0 Å². The molecule has 0 radical (unpaired) electrons. The molecule has 0 spiro atoms. The van der Waals surface area contributed by atoms with E-state index >= 15 is 0 Å². The van der Waals surface area contributed by atoms with E-state index in [1.54, 1.807) is 20.0 Å². The molecule has 1 rings (SSSR count). The molecule has 1 aromatic rings. The van der Waals surface area contributed by atoms with E-state index in [9.17, 15) is 4.79 Å². The Morgan fingerprint density at radius 1 is 1.71 bits per heavy atom. The number of carbonyl (C=O) groups excluding carboxylic acids is 1. The summed E-state index contributed by atoms with van der Waals surface area (Å²) >= 11 is 7.16. The number of ether oxygens (including phenoxy) is 1. The fourth-order valence-electron chi connectivity index (χ4n) is 1.09. The van der Waals surface area contributed by atoms with Crippen molar-refractivity contribution in [3.8, 4) is 0 Å². The van der Waals surface area contributed by atoms with Crippen LogP contribution in [0.2, 0.25) is 4.34 Å². The average Bonchev–Trinajstić information content (AvgIpc) is 2.54. The van der Waals surface area contributed by atoms with Gasteiger partial charge >= 0.3 is 5.97 Å². The van der Waals surface area contributed by atoms with Crippen LogP contribution in [0, 0.1) is 0 Å². The Labute approximate surface area is 92.0 Å². The molecule has 0 amide bonds. The second-order valence-corrected chi connectivity index (χ2v) is 4.36. The molecule has 1 unspecified atom stereocenters. The number of rotatable bonds is 4. The van der Waals surface area contributed by atoms with Crippen LogP contribution in [0.25, 0.3) is 0 Å². The molecule has 1 atom stereocenters. The van der Waals surface area contributed by atoms with Crippen molar-refractivity contribution in [2.24, 2.45) is 0 Å². The molecule has 1 N–H and O–H groups in total. The van der Waals surface area contributed by atoms with Crippen molar-refractivity contribution in [3.05, 3.63) is 21.3 Å². The lowest BCUT2D eigenvalue weighted by Crippen LogP contribution is -2.26. The Morgan fingerprint density at radius 2 is 2.43 bits per heavy atom. The highest BCUT2D eigenvalue weighted by Crippen LogP contribution is 2.27. The van der Waals surface area contributed by atoms with Crippen LogP contribution < -0.4 is 5.32 Å². The lowest BCUT2D eigenvalue weighted by atomic mass is 10.2. The zero-order chi connectivity index (χ0) is 10.6. The summed E-state index contributed by atoms with van der Waals surface area (Å²) in [5, 5.41) is 2.89. The Morgan fingerprint density at radius 3 is 2.86 bits per heavy atom. The molecule has 3 nitrogen and oxygen atoms in total. The number of nitrogens with one attached hydrogen (secondary N) is 1. The van der Waals surface area contributed by atoms with Crippen molar-refractivity contribution in [1.82, 2.24) is 5.32 Å². The number of carbonyl (C=O) groups is 1. The third-order valence-electron chi connectivity index (χ3n) is 1.69. The molecule has 1 heterocycles. The van der Waals surface area contributed by atoms with Gasteiger partial charge in [-0.05, 0) is 26.1 Å². The first-order valence-corrected chi connectivity index (χ1v) is 5.47. The van der Waals surface area contributed by atoms with Gasteiger partial charge in [-0.15, -0.1) is 11.3 Å². The maximum Gasteiger partial charge on any atom is 0.328 e. The minimum atomic E-state index is -0.410. The average molecular weight is 234 g/mol. The predicted octanol–water partition coefficient (Wildman–Crippen LogP) is 2.23. The van der Waals surface area contributed by atoms with Crippen LogP contribution in [0.5, 0.6) is 0 Å². The quantitative estimate of drug-likeness (QED) is 0.811. The van der Waals surface area contributed by atoms with Gasteiger partial charge in [0.25, 0.3) is 0 Å². The molecule has 78 valence electrons. The van der Waals surface area contributed by atoms with E-state index in [0.717, 1.165) is 4.88 Å². The zero-order valence-electron chi connectivity index (χ0n) is 8.04. The number of halogens is 1. The van der Waals surface area contributed by atoms with Gasteiger partial charge in [-0.1, -0.05) is 11.6 Å². The van der Waals surface area contributed by atoms with Crippen molar-refractivity contribution in [2.75, 3.05) is 13.7 Å². The summed E-state index contributed by atoms with van der Waals surface area (Å²) in [4.78, 5) is 12.3. The zero-order valence-corrected chi connectivity index (χ0v) is 9.61.